The zero-order chi connectivity index (χ0) is 13.7. The van der Waals surface area contributed by atoms with E-state index in [-0.39, 0.29) is 12.2 Å². The van der Waals surface area contributed by atoms with E-state index in [4.69, 9.17) is 15.2 Å². The Morgan fingerprint density at radius 3 is 2.79 bits per heavy atom. The Hall–Kier alpha value is -1.66. The summed E-state index contributed by atoms with van der Waals surface area (Å²) in [7, 11) is 0. The van der Waals surface area contributed by atoms with Crippen LogP contribution in [0.3, 0.4) is 0 Å². The Kier molecular flexibility index (Phi) is 4.70. The molecule has 1 saturated heterocycles. The van der Waals surface area contributed by atoms with E-state index in [1.165, 1.54) is 12.1 Å². The lowest BCUT2D eigenvalue weighted by Gasteiger charge is -2.22. The maximum atomic E-state index is 10.7. The Labute approximate surface area is 111 Å². The number of nitrogens with zero attached hydrogens (tertiary/aromatic N) is 1. The number of hydrogen-bond acceptors (Lipinski definition) is 5. The first-order chi connectivity index (χ1) is 9.20. The molecule has 0 amide bonds. The number of nitrogens with two attached hydrogens (primary N) is 1. The summed E-state index contributed by atoms with van der Waals surface area (Å²) in [6.07, 6.45) is 1.98. The van der Waals surface area contributed by atoms with Crippen LogP contribution in [0, 0.1) is 16.0 Å². The van der Waals surface area contributed by atoms with Gasteiger partial charge in [0.1, 0.15) is 5.75 Å². The molecule has 0 atom stereocenters. The number of nitro groups is 1. The fraction of sp³-hybridized carbons (Fsp3) is 0.538. The van der Waals surface area contributed by atoms with E-state index in [0.717, 1.165) is 26.1 Å². The van der Waals surface area contributed by atoms with Crippen LogP contribution in [-0.2, 0) is 11.3 Å². The molecule has 0 aliphatic carbocycles. The maximum Gasteiger partial charge on any atom is 0.270 e. The first-order valence-electron chi connectivity index (χ1n) is 6.38. The largest absolute Gasteiger partial charge is 0.493 e. The minimum absolute atomic E-state index is 0.0406. The quantitative estimate of drug-likeness (QED) is 0.649. The van der Waals surface area contributed by atoms with Gasteiger partial charge in [0.15, 0.2) is 0 Å². The topological polar surface area (TPSA) is 87.6 Å². The predicted molar refractivity (Wildman–Crippen MR) is 70.0 cm³/mol. The van der Waals surface area contributed by atoms with Crippen molar-refractivity contribution in [2.24, 2.45) is 11.7 Å². The Bertz CT molecular complexity index is 444. The van der Waals surface area contributed by atoms with Crippen LogP contribution < -0.4 is 10.5 Å². The van der Waals surface area contributed by atoms with Crippen molar-refractivity contribution in [3.05, 3.63) is 33.9 Å². The van der Waals surface area contributed by atoms with Gasteiger partial charge in [0.05, 0.1) is 11.5 Å². The summed E-state index contributed by atoms with van der Waals surface area (Å²) in [5, 5.41) is 10.7. The third-order valence-corrected chi connectivity index (χ3v) is 3.29. The summed E-state index contributed by atoms with van der Waals surface area (Å²) < 4.78 is 11.0. The van der Waals surface area contributed by atoms with Gasteiger partial charge in [-0.3, -0.25) is 10.1 Å². The molecule has 0 saturated carbocycles. The normalized spacial score (nSPS) is 16.3. The van der Waals surface area contributed by atoms with Gasteiger partial charge >= 0.3 is 0 Å². The highest BCUT2D eigenvalue weighted by atomic mass is 16.6. The number of rotatable bonds is 5. The zero-order valence-corrected chi connectivity index (χ0v) is 10.7. The molecular weight excluding hydrogens is 248 g/mol. The van der Waals surface area contributed by atoms with Crippen molar-refractivity contribution in [3.8, 4) is 5.75 Å². The molecule has 1 aliphatic rings. The average Bonchev–Trinajstić information content (AvgIpc) is 2.45. The molecule has 2 N–H and O–H groups in total. The van der Waals surface area contributed by atoms with E-state index >= 15 is 0 Å². The van der Waals surface area contributed by atoms with Crippen LogP contribution in [0.15, 0.2) is 18.2 Å². The third-order valence-electron chi connectivity index (χ3n) is 3.29. The summed E-state index contributed by atoms with van der Waals surface area (Å²) in [5.41, 5.74) is 6.31. The number of ether oxygens (including phenoxy) is 2. The second-order valence-corrected chi connectivity index (χ2v) is 4.62. The highest BCUT2D eigenvalue weighted by molar-refractivity contribution is 5.43. The van der Waals surface area contributed by atoms with Crippen LogP contribution >= 0.6 is 0 Å². The van der Waals surface area contributed by atoms with Gasteiger partial charge in [0.2, 0.25) is 0 Å². The molecule has 2 rings (SSSR count). The summed E-state index contributed by atoms with van der Waals surface area (Å²) in [6, 6.07) is 4.54. The van der Waals surface area contributed by atoms with Crippen LogP contribution in [0.25, 0.3) is 0 Å². The van der Waals surface area contributed by atoms with Gasteiger partial charge in [-0.15, -0.1) is 0 Å². The van der Waals surface area contributed by atoms with Gasteiger partial charge in [-0.2, -0.15) is 0 Å². The van der Waals surface area contributed by atoms with E-state index in [1.54, 1.807) is 6.07 Å². The lowest BCUT2D eigenvalue weighted by Crippen LogP contribution is -2.21. The van der Waals surface area contributed by atoms with Crippen LogP contribution in [0.5, 0.6) is 5.75 Å². The second kappa shape index (κ2) is 6.49. The van der Waals surface area contributed by atoms with Crippen molar-refractivity contribution in [2.45, 2.75) is 19.4 Å². The SMILES string of the molecule is NCc1cc([N+](=O)[O-])ccc1OCC1CCOCC1. The number of nitro benzene ring substituents is 1. The lowest BCUT2D eigenvalue weighted by molar-refractivity contribution is -0.384. The van der Waals surface area contributed by atoms with Crippen molar-refractivity contribution < 1.29 is 14.4 Å². The second-order valence-electron chi connectivity index (χ2n) is 4.62. The summed E-state index contributed by atoms with van der Waals surface area (Å²) >= 11 is 0. The maximum absolute atomic E-state index is 10.7. The minimum Gasteiger partial charge on any atom is -0.493 e. The van der Waals surface area contributed by atoms with E-state index in [1.807, 2.05) is 0 Å². The van der Waals surface area contributed by atoms with Crippen LogP contribution in [0.2, 0.25) is 0 Å². The van der Waals surface area contributed by atoms with Crippen LogP contribution in [0.1, 0.15) is 18.4 Å². The summed E-state index contributed by atoms with van der Waals surface area (Å²) in [4.78, 5) is 10.3. The fourth-order valence-corrected chi connectivity index (χ4v) is 2.10. The Morgan fingerprint density at radius 1 is 1.42 bits per heavy atom. The van der Waals surface area contributed by atoms with E-state index in [9.17, 15) is 10.1 Å². The minimum atomic E-state index is -0.429. The predicted octanol–water partition coefficient (Wildman–Crippen LogP) is 1.86. The standard InChI is InChI=1S/C13H18N2O4/c14-8-11-7-12(15(16)17)1-2-13(11)19-9-10-3-5-18-6-4-10/h1-2,7,10H,3-6,8-9,14H2. The Morgan fingerprint density at radius 2 is 2.16 bits per heavy atom. The molecule has 1 aromatic rings. The monoisotopic (exact) mass is 266 g/mol. The summed E-state index contributed by atoms with van der Waals surface area (Å²) in [5.74, 6) is 1.12. The van der Waals surface area contributed by atoms with Crippen molar-refractivity contribution in [2.75, 3.05) is 19.8 Å². The molecule has 0 spiro atoms. The third kappa shape index (κ3) is 3.65. The number of benzene rings is 1. The van der Waals surface area contributed by atoms with Gasteiger partial charge in [0.25, 0.3) is 5.69 Å². The van der Waals surface area contributed by atoms with E-state index < -0.39 is 4.92 Å². The first-order valence-corrected chi connectivity index (χ1v) is 6.38. The van der Waals surface area contributed by atoms with Crippen molar-refractivity contribution in [1.29, 1.82) is 0 Å². The molecule has 0 aromatic heterocycles. The van der Waals surface area contributed by atoms with Crippen molar-refractivity contribution in [1.82, 2.24) is 0 Å². The molecule has 1 fully saturated rings. The van der Waals surface area contributed by atoms with Gasteiger partial charge < -0.3 is 15.2 Å². The van der Waals surface area contributed by atoms with E-state index in [2.05, 4.69) is 0 Å². The van der Waals surface area contributed by atoms with Crippen LogP contribution in [0.4, 0.5) is 5.69 Å². The molecular formula is C13H18N2O4. The van der Waals surface area contributed by atoms with E-state index in [0.29, 0.717) is 23.8 Å². The van der Waals surface area contributed by atoms with Crippen molar-refractivity contribution in [3.63, 3.8) is 0 Å². The van der Waals surface area contributed by atoms with Gasteiger partial charge in [-0.25, -0.2) is 0 Å². The molecule has 0 unspecified atom stereocenters. The molecule has 6 heteroatoms. The smallest absolute Gasteiger partial charge is 0.270 e. The Balaban J connectivity index is 2.00. The fourth-order valence-electron chi connectivity index (χ4n) is 2.10. The van der Waals surface area contributed by atoms with Crippen molar-refractivity contribution >= 4 is 5.69 Å². The zero-order valence-electron chi connectivity index (χ0n) is 10.7. The molecule has 1 aromatic carbocycles. The van der Waals surface area contributed by atoms with Gasteiger partial charge in [0, 0.05) is 37.5 Å². The average molecular weight is 266 g/mol. The molecule has 0 bridgehead atoms. The first kappa shape index (κ1) is 13.8. The van der Waals surface area contributed by atoms with Gasteiger partial charge in [-0.1, -0.05) is 0 Å². The van der Waals surface area contributed by atoms with Crippen LogP contribution in [-0.4, -0.2) is 24.7 Å². The molecule has 1 aliphatic heterocycles. The molecule has 1 heterocycles. The van der Waals surface area contributed by atoms with Gasteiger partial charge in [-0.05, 0) is 24.8 Å². The lowest BCUT2D eigenvalue weighted by atomic mass is 10.0. The number of hydrogen-bond donors (Lipinski definition) is 1. The molecule has 19 heavy (non-hydrogen) atoms. The highest BCUT2D eigenvalue weighted by Gasteiger charge is 2.16. The summed E-state index contributed by atoms with van der Waals surface area (Å²) in [6.45, 7) is 2.38. The molecule has 104 valence electrons. The number of non-ortho nitro benzene ring substituents is 1. The molecule has 6 nitrogen and oxygen atoms in total. The highest BCUT2D eigenvalue weighted by Crippen LogP contribution is 2.25. The molecule has 0 radical (unpaired) electrons.